The van der Waals surface area contributed by atoms with Gasteiger partial charge in [0.05, 0.1) is 5.57 Å². The first-order chi connectivity index (χ1) is 20.3. The molecular weight excluding hydrogens is 597 g/mol. The smallest absolute Gasteiger partial charge is 0.357 e. The van der Waals surface area contributed by atoms with Gasteiger partial charge in [0.1, 0.15) is 11.4 Å². The van der Waals surface area contributed by atoms with E-state index in [4.69, 9.17) is 0 Å². The molecule has 1 N–H and O–H groups in total. The molecule has 1 amide bonds. The molecule has 43 heavy (non-hydrogen) atoms. The molecule has 2 aliphatic heterocycles. The summed E-state index contributed by atoms with van der Waals surface area (Å²) in [6, 6.07) is 3.94. The standard InChI is InChI=1S/C28H16F9N3O3/c1-2-12-15(29)17(31)21(35)25(16(12)30)39-7-3-4-11-8-10(5-6-14(11)39)9-13-24(28(42)43)38-40(27(13)41)26-22(36)19(33)18(32)20(34)23(26)37/h5-6,8-9H,2-4,7H2,1H3,(H,42,43)/b13-9-. The fraction of sp³-hybridized carbons (Fsp3) is 0.179. The van der Waals surface area contributed by atoms with Gasteiger partial charge in [-0.25, -0.2) is 44.3 Å². The maximum atomic E-state index is 15.1. The number of benzene rings is 3. The average molecular weight is 613 g/mol. The predicted molar refractivity (Wildman–Crippen MR) is 134 cm³/mol. The van der Waals surface area contributed by atoms with Crippen molar-refractivity contribution in [3.05, 3.63) is 92.8 Å². The highest BCUT2D eigenvalue weighted by Gasteiger charge is 2.40. The van der Waals surface area contributed by atoms with Gasteiger partial charge >= 0.3 is 5.97 Å². The number of carboxylic acid groups (broad SMARTS) is 1. The molecule has 0 bridgehead atoms. The Morgan fingerprint density at radius 2 is 1.44 bits per heavy atom. The Bertz CT molecular complexity index is 1780. The van der Waals surface area contributed by atoms with Gasteiger partial charge in [0, 0.05) is 17.8 Å². The Labute approximate surface area is 235 Å². The Balaban J connectivity index is 1.58. The molecule has 0 fully saturated rings. The number of aliphatic carboxylic acids is 1. The SMILES string of the molecule is CCc1c(F)c(F)c(F)c(N2CCCc3cc(/C=C4\C(=O)N(c5c(F)c(F)c(F)c(F)c5F)N=C4C(=O)O)ccc32)c1F. The molecule has 0 aromatic heterocycles. The van der Waals surface area contributed by atoms with E-state index in [2.05, 4.69) is 5.10 Å². The Hall–Kier alpha value is -4.82. The number of carbonyl (C=O) groups excluding carboxylic acids is 1. The molecule has 2 aliphatic rings. The lowest BCUT2D eigenvalue weighted by Crippen LogP contribution is -2.27. The van der Waals surface area contributed by atoms with Crippen molar-refractivity contribution in [1.82, 2.24) is 0 Å². The van der Waals surface area contributed by atoms with E-state index in [-0.39, 0.29) is 35.6 Å². The molecule has 0 aliphatic carbocycles. The average Bonchev–Trinajstić information content (AvgIpc) is 3.29. The summed E-state index contributed by atoms with van der Waals surface area (Å²) in [6.45, 7) is 1.37. The fourth-order valence-corrected chi connectivity index (χ4v) is 4.96. The van der Waals surface area contributed by atoms with Gasteiger partial charge in [0.25, 0.3) is 5.91 Å². The van der Waals surface area contributed by atoms with Crippen molar-refractivity contribution < 1.29 is 54.2 Å². The van der Waals surface area contributed by atoms with Crippen molar-refractivity contribution in [2.24, 2.45) is 5.10 Å². The number of hydrogen-bond donors (Lipinski definition) is 1. The van der Waals surface area contributed by atoms with E-state index < -0.39 is 92.5 Å². The van der Waals surface area contributed by atoms with Crippen molar-refractivity contribution in [1.29, 1.82) is 0 Å². The molecule has 5 rings (SSSR count). The van der Waals surface area contributed by atoms with E-state index in [9.17, 15) is 49.8 Å². The van der Waals surface area contributed by atoms with Crippen LogP contribution in [0, 0.1) is 52.4 Å². The molecule has 0 unspecified atom stereocenters. The molecule has 0 radical (unpaired) electrons. The van der Waals surface area contributed by atoms with E-state index in [0.29, 0.717) is 12.0 Å². The van der Waals surface area contributed by atoms with Crippen LogP contribution in [0.5, 0.6) is 0 Å². The van der Waals surface area contributed by atoms with E-state index in [0.717, 1.165) is 11.0 Å². The molecule has 15 heteroatoms. The van der Waals surface area contributed by atoms with Crippen LogP contribution in [0.25, 0.3) is 6.08 Å². The fourth-order valence-electron chi connectivity index (χ4n) is 4.96. The minimum absolute atomic E-state index is 0.0146. The minimum Gasteiger partial charge on any atom is -0.476 e. The Morgan fingerprint density at radius 3 is 2.05 bits per heavy atom. The third kappa shape index (κ3) is 4.58. The quantitative estimate of drug-likeness (QED) is 0.155. The zero-order chi connectivity index (χ0) is 31.5. The number of halogens is 9. The van der Waals surface area contributed by atoms with E-state index in [1.54, 1.807) is 0 Å². The van der Waals surface area contributed by atoms with Gasteiger partial charge in [-0.05, 0) is 48.6 Å². The normalized spacial score (nSPS) is 15.8. The van der Waals surface area contributed by atoms with Crippen LogP contribution in [0.15, 0.2) is 28.9 Å². The number of hydrazone groups is 1. The third-order valence-corrected chi connectivity index (χ3v) is 6.97. The van der Waals surface area contributed by atoms with Crippen LogP contribution in [0.2, 0.25) is 0 Å². The van der Waals surface area contributed by atoms with Crippen molar-refractivity contribution in [3.63, 3.8) is 0 Å². The van der Waals surface area contributed by atoms with Gasteiger partial charge in [0.15, 0.2) is 52.2 Å². The number of rotatable bonds is 5. The highest BCUT2D eigenvalue weighted by molar-refractivity contribution is 6.53. The number of fused-ring (bicyclic) bond motifs is 1. The summed E-state index contributed by atoms with van der Waals surface area (Å²) in [7, 11) is 0. The van der Waals surface area contributed by atoms with Crippen LogP contribution < -0.4 is 9.91 Å². The van der Waals surface area contributed by atoms with Crippen LogP contribution in [0.1, 0.15) is 30.0 Å². The molecule has 0 saturated carbocycles. The monoisotopic (exact) mass is 613 g/mol. The predicted octanol–water partition coefficient (Wildman–Crippen LogP) is 6.46. The Kier molecular flexibility index (Phi) is 7.44. The van der Waals surface area contributed by atoms with Crippen molar-refractivity contribution in [2.75, 3.05) is 16.5 Å². The summed E-state index contributed by atoms with van der Waals surface area (Å²) < 4.78 is 128. The molecular formula is C28H16F9N3O3. The zero-order valence-electron chi connectivity index (χ0n) is 21.6. The number of carboxylic acids is 1. The highest BCUT2D eigenvalue weighted by Crippen LogP contribution is 2.40. The number of nitrogens with zero attached hydrogens (tertiary/aromatic N) is 3. The van der Waals surface area contributed by atoms with Crippen LogP contribution >= 0.6 is 0 Å². The first kappa shape index (κ1) is 29.7. The summed E-state index contributed by atoms with van der Waals surface area (Å²) in [6.07, 6.45) is 1.23. The van der Waals surface area contributed by atoms with Gasteiger partial charge in [0.2, 0.25) is 5.82 Å². The Morgan fingerprint density at radius 1 is 0.860 bits per heavy atom. The third-order valence-electron chi connectivity index (χ3n) is 6.97. The van der Waals surface area contributed by atoms with Gasteiger partial charge in [-0.2, -0.15) is 10.1 Å². The lowest BCUT2D eigenvalue weighted by molar-refractivity contribution is -0.129. The maximum absolute atomic E-state index is 15.1. The summed E-state index contributed by atoms with van der Waals surface area (Å²) >= 11 is 0. The first-order valence-electron chi connectivity index (χ1n) is 12.4. The second kappa shape index (κ2) is 10.8. The van der Waals surface area contributed by atoms with Gasteiger partial charge < -0.3 is 10.0 Å². The molecule has 3 aromatic rings. The maximum Gasteiger partial charge on any atom is 0.357 e. The van der Waals surface area contributed by atoms with E-state index in [1.807, 2.05) is 0 Å². The van der Waals surface area contributed by atoms with Gasteiger partial charge in [-0.15, -0.1) is 0 Å². The summed E-state index contributed by atoms with van der Waals surface area (Å²) in [5.41, 5.74) is -4.45. The molecule has 0 atom stereocenters. The van der Waals surface area contributed by atoms with Gasteiger partial charge in [-0.1, -0.05) is 13.0 Å². The van der Waals surface area contributed by atoms with Crippen molar-refractivity contribution in [2.45, 2.75) is 26.2 Å². The first-order valence-corrected chi connectivity index (χ1v) is 12.4. The molecule has 0 spiro atoms. The highest BCUT2D eigenvalue weighted by atomic mass is 19.2. The molecule has 6 nitrogen and oxygen atoms in total. The van der Waals surface area contributed by atoms with Crippen LogP contribution in [-0.2, 0) is 22.4 Å². The van der Waals surface area contributed by atoms with Crippen LogP contribution in [-0.4, -0.2) is 29.2 Å². The second-order valence-corrected chi connectivity index (χ2v) is 9.43. The molecule has 3 aromatic carbocycles. The van der Waals surface area contributed by atoms with E-state index in [1.165, 1.54) is 25.1 Å². The van der Waals surface area contributed by atoms with Gasteiger partial charge in [-0.3, -0.25) is 4.79 Å². The number of amides is 1. The zero-order valence-corrected chi connectivity index (χ0v) is 21.6. The second-order valence-electron chi connectivity index (χ2n) is 9.43. The number of carbonyl (C=O) groups is 2. The molecule has 224 valence electrons. The largest absolute Gasteiger partial charge is 0.476 e. The lowest BCUT2D eigenvalue weighted by Gasteiger charge is -2.32. The van der Waals surface area contributed by atoms with Crippen LogP contribution in [0.3, 0.4) is 0 Å². The summed E-state index contributed by atoms with van der Waals surface area (Å²) in [5, 5.41) is 12.6. The summed E-state index contributed by atoms with van der Waals surface area (Å²) in [5.74, 6) is -22.0. The summed E-state index contributed by atoms with van der Waals surface area (Å²) in [4.78, 5) is 25.9. The number of aryl methyl sites for hydroxylation is 1. The van der Waals surface area contributed by atoms with Crippen LogP contribution in [0.4, 0.5) is 56.6 Å². The molecule has 2 heterocycles. The lowest BCUT2D eigenvalue weighted by atomic mass is 9.96. The number of anilines is 3. The van der Waals surface area contributed by atoms with E-state index >= 15 is 4.39 Å². The number of hydrogen-bond acceptors (Lipinski definition) is 4. The molecule has 0 saturated heterocycles. The van der Waals surface area contributed by atoms with Crippen molar-refractivity contribution in [3.8, 4) is 0 Å². The topological polar surface area (TPSA) is 73.2 Å². The van der Waals surface area contributed by atoms with Crippen molar-refractivity contribution >= 4 is 40.7 Å². The minimum atomic E-state index is -2.50.